The zero-order chi connectivity index (χ0) is 14.8. The van der Waals surface area contributed by atoms with Gasteiger partial charge in [0.15, 0.2) is 0 Å². The molecule has 0 aliphatic carbocycles. The van der Waals surface area contributed by atoms with E-state index in [1.807, 2.05) is 0 Å². The summed E-state index contributed by atoms with van der Waals surface area (Å²) in [7, 11) is 0. The van der Waals surface area contributed by atoms with Gasteiger partial charge in [-0.25, -0.2) is 0 Å². The van der Waals surface area contributed by atoms with Crippen LogP contribution in [0, 0.1) is 12.8 Å². The molecule has 0 spiro atoms. The summed E-state index contributed by atoms with van der Waals surface area (Å²) in [4.78, 5) is 0. The van der Waals surface area contributed by atoms with Crippen LogP contribution in [0.4, 0.5) is 0 Å². The molecule has 1 nitrogen and oxygen atoms in total. The summed E-state index contributed by atoms with van der Waals surface area (Å²) in [5.74, 6) is 0.858. The SMILES string of the molecule is CCCCC(CC)CNC(C)CCc1cccc(C)c1. The largest absolute Gasteiger partial charge is 0.314 e. The third-order valence-electron chi connectivity index (χ3n) is 4.25. The number of benzene rings is 1. The van der Waals surface area contributed by atoms with Crippen molar-refractivity contribution in [2.24, 2.45) is 5.92 Å². The third-order valence-corrected chi connectivity index (χ3v) is 4.25. The first kappa shape index (κ1) is 17.2. The number of unbranched alkanes of at least 4 members (excludes halogenated alkanes) is 1. The monoisotopic (exact) mass is 275 g/mol. The van der Waals surface area contributed by atoms with E-state index >= 15 is 0 Å². The maximum Gasteiger partial charge on any atom is 0.00420 e. The maximum absolute atomic E-state index is 3.73. The molecule has 0 radical (unpaired) electrons. The lowest BCUT2D eigenvalue weighted by atomic mass is 9.98. The highest BCUT2D eigenvalue weighted by Crippen LogP contribution is 2.12. The number of aryl methyl sites for hydroxylation is 2. The van der Waals surface area contributed by atoms with Crippen molar-refractivity contribution in [2.75, 3.05) is 6.54 Å². The Morgan fingerprint density at radius 2 is 1.95 bits per heavy atom. The second-order valence-electron chi connectivity index (χ2n) is 6.25. The fourth-order valence-corrected chi connectivity index (χ4v) is 2.66. The van der Waals surface area contributed by atoms with E-state index in [0.29, 0.717) is 6.04 Å². The highest BCUT2D eigenvalue weighted by Gasteiger charge is 2.08. The Balaban J connectivity index is 2.24. The average Bonchev–Trinajstić information content (AvgIpc) is 2.45. The summed E-state index contributed by atoms with van der Waals surface area (Å²) in [6, 6.07) is 9.51. The fraction of sp³-hybridized carbons (Fsp3) is 0.684. The molecule has 1 aromatic carbocycles. The van der Waals surface area contributed by atoms with Crippen LogP contribution in [0.5, 0.6) is 0 Å². The van der Waals surface area contributed by atoms with Crippen LogP contribution in [0.2, 0.25) is 0 Å². The zero-order valence-corrected chi connectivity index (χ0v) is 13.9. The minimum absolute atomic E-state index is 0.617. The Morgan fingerprint density at radius 1 is 1.15 bits per heavy atom. The van der Waals surface area contributed by atoms with E-state index in [1.54, 1.807) is 0 Å². The van der Waals surface area contributed by atoms with Gasteiger partial charge in [-0.15, -0.1) is 0 Å². The van der Waals surface area contributed by atoms with Gasteiger partial charge in [-0.1, -0.05) is 62.9 Å². The molecule has 0 aliphatic rings. The van der Waals surface area contributed by atoms with Crippen LogP contribution in [0.25, 0.3) is 0 Å². The van der Waals surface area contributed by atoms with Crippen molar-refractivity contribution in [1.82, 2.24) is 5.32 Å². The van der Waals surface area contributed by atoms with Crippen LogP contribution in [0.15, 0.2) is 24.3 Å². The van der Waals surface area contributed by atoms with Gasteiger partial charge in [0, 0.05) is 6.04 Å². The molecule has 0 saturated heterocycles. The van der Waals surface area contributed by atoms with Gasteiger partial charge in [-0.3, -0.25) is 0 Å². The van der Waals surface area contributed by atoms with Gasteiger partial charge in [0.1, 0.15) is 0 Å². The Hall–Kier alpha value is -0.820. The quantitative estimate of drug-likeness (QED) is 0.625. The molecular formula is C19H33N. The molecule has 1 rings (SSSR count). The van der Waals surface area contributed by atoms with Gasteiger partial charge in [-0.05, 0) is 51.1 Å². The molecule has 1 aromatic rings. The molecule has 0 aliphatic heterocycles. The van der Waals surface area contributed by atoms with Crippen LogP contribution in [0.3, 0.4) is 0 Å². The van der Waals surface area contributed by atoms with Crippen molar-refractivity contribution in [3.63, 3.8) is 0 Å². The molecule has 0 heterocycles. The summed E-state index contributed by atoms with van der Waals surface area (Å²) in [5.41, 5.74) is 2.84. The number of nitrogens with one attached hydrogen (secondary N) is 1. The summed E-state index contributed by atoms with van der Waals surface area (Å²) >= 11 is 0. The molecule has 1 heteroatoms. The van der Waals surface area contributed by atoms with E-state index in [1.165, 1.54) is 56.2 Å². The molecule has 0 fully saturated rings. The van der Waals surface area contributed by atoms with Crippen LogP contribution in [0.1, 0.15) is 64.0 Å². The van der Waals surface area contributed by atoms with Crippen LogP contribution >= 0.6 is 0 Å². The predicted octanol–water partition coefficient (Wildman–Crippen LogP) is 5.12. The van der Waals surface area contributed by atoms with Crippen molar-refractivity contribution >= 4 is 0 Å². The molecule has 20 heavy (non-hydrogen) atoms. The first-order chi connectivity index (χ1) is 9.65. The molecule has 0 aromatic heterocycles. The van der Waals surface area contributed by atoms with E-state index in [4.69, 9.17) is 0 Å². The minimum Gasteiger partial charge on any atom is -0.314 e. The van der Waals surface area contributed by atoms with Crippen molar-refractivity contribution in [2.45, 2.75) is 72.3 Å². The van der Waals surface area contributed by atoms with Crippen LogP contribution < -0.4 is 5.32 Å². The molecular weight excluding hydrogens is 242 g/mol. The van der Waals surface area contributed by atoms with Crippen LogP contribution in [-0.4, -0.2) is 12.6 Å². The van der Waals surface area contributed by atoms with Gasteiger partial charge >= 0.3 is 0 Å². The lowest BCUT2D eigenvalue weighted by molar-refractivity contribution is 0.388. The fourth-order valence-electron chi connectivity index (χ4n) is 2.66. The number of rotatable bonds is 10. The number of hydrogen-bond donors (Lipinski definition) is 1. The first-order valence-electron chi connectivity index (χ1n) is 8.44. The van der Waals surface area contributed by atoms with Crippen molar-refractivity contribution in [3.05, 3.63) is 35.4 Å². The standard InChI is InChI=1S/C19H33N/c1-5-7-10-18(6-2)15-20-17(4)12-13-19-11-8-9-16(3)14-19/h8-9,11,14,17-18,20H,5-7,10,12-13,15H2,1-4H3. The molecule has 2 atom stereocenters. The molecule has 114 valence electrons. The highest BCUT2D eigenvalue weighted by atomic mass is 14.9. The van der Waals surface area contributed by atoms with Gasteiger partial charge in [0.2, 0.25) is 0 Å². The molecule has 0 bridgehead atoms. The predicted molar refractivity (Wildman–Crippen MR) is 90.3 cm³/mol. The Morgan fingerprint density at radius 3 is 2.60 bits per heavy atom. The van der Waals surface area contributed by atoms with Crippen molar-refractivity contribution < 1.29 is 0 Å². The molecule has 2 unspecified atom stereocenters. The van der Waals surface area contributed by atoms with E-state index in [9.17, 15) is 0 Å². The lowest BCUT2D eigenvalue weighted by Crippen LogP contribution is -2.31. The smallest absolute Gasteiger partial charge is 0.00420 e. The number of hydrogen-bond acceptors (Lipinski definition) is 1. The van der Waals surface area contributed by atoms with Crippen LogP contribution in [-0.2, 0) is 6.42 Å². The van der Waals surface area contributed by atoms with Gasteiger partial charge < -0.3 is 5.32 Å². The molecule has 0 amide bonds. The van der Waals surface area contributed by atoms with E-state index < -0.39 is 0 Å². The van der Waals surface area contributed by atoms with Gasteiger partial charge in [-0.2, -0.15) is 0 Å². The normalized spacial score (nSPS) is 14.2. The van der Waals surface area contributed by atoms with Crippen molar-refractivity contribution in [1.29, 1.82) is 0 Å². The first-order valence-corrected chi connectivity index (χ1v) is 8.44. The van der Waals surface area contributed by atoms with E-state index in [0.717, 1.165) is 5.92 Å². The zero-order valence-electron chi connectivity index (χ0n) is 13.9. The Bertz CT molecular complexity index is 359. The highest BCUT2D eigenvalue weighted by molar-refractivity contribution is 5.22. The summed E-state index contributed by atoms with van der Waals surface area (Å²) in [6.07, 6.45) is 7.79. The molecule has 1 N–H and O–H groups in total. The second kappa shape index (κ2) is 9.99. The summed E-state index contributed by atoms with van der Waals surface area (Å²) in [6.45, 7) is 10.3. The minimum atomic E-state index is 0.617. The average molecular weight is 275 g/mol. The van der Waals surface area contributed by atoms with Gasteiger partial charge in [0.25, 0.3) is 0 Å². The van der Waals surface area contributed by atoms with Crippen molar-refractivity contribution in [3.8, 4) is 0 Å². The van der Waals surface area contributed by atoms with E-state index in [-0.39, 0.29) is 0 Å². The second-order valence-corrected chi connectivity index (χ2v) is 6.25. The van der Waals surface area contributed by atoms with E-state index in [2.05, 4.69) is 57.3 Å². The summed E-state index contributed by atoms with van der Waals surface area (Å²) < 4.78 is 0. The molecule has 0 saturated carbocycles. The topological polar surface area (TPSA) is 12.0 Å². The van der Waals surface area contributed by atoms with Gasteiger partial charge in [0.05, 0.1) is 0 Å². The maximum atomic E-state index is 3.73. The lowest BCUT2D eigenvalue weighted by Gasteiger charge is -2.19. The Kier molecular flexibility index (Phi) is 8.60. The third kappa shape index (κ3) is 7.09. The summed E-state index contributed by atoms with van der Waals surface area (Å²) in [5, 5.41) is 3.73. The Labute approximate surface area is 126 Å².